The highest BCUT2D eigenvalue weighted by molar-refractivity contribution is 6.45. The Bertz CT molecular complexity index is 497. The minimum atomic E-state index is -0.951. The van der Waals surface area contributed by atoms with Crippen molar-refractivity contribution in [3.8, 4) is 0 Å². The van der Waals surface area contributed by atoms with Gasteiger partial charge in [-0.15, -0.1) is 0 Å². The first-order valence-corrected chi connectivity index (χ1v) is 6.22. The van der Waals surface area contributed by atoms with Crippen LogP contribution in [0.1, 0.15) is 13.3 Å². The summed E-state index contributed by atoms with van der Waals surface area (Å²) in [5, 5.41) is 0. The molecule has 0 aromatic heterocycles. The largest absolute Gasteiger partial charge is 0.465 e. The molecule has 0 saturated carbocycles. The molecule has 0 aliphatic carbocycles. The van der Waals surface area contributed by atoms with Crippen molar-refractivity contribution in [3.05, 3.63) is 30.3 Å². The van der Waals surface area contributed by atoms with E-state index in [2.05, 4.69) is 0 Å². The zero-order valence-electron chi connectivity index (χ0n) is 10.7. The van der Waals surface area contributed by atoms with Gasteiger partial charge in [0.25, 0.3) is 5.91 Å². The number of anilines is 1. The number of carbonyl (C=O) groups is 3. The maximum absolute atomic E-state index is 12.0. The molecule has 1 aliphatic rings. The average molecular weight is 261 g/mol. The lowest BCUT2D eigenvalue weighted by Crippen LogP contribution is -2.48. The molecule has 5 heteroatoms. The SMILES string of the molecule is CCOC(=O)C1CCN(c2ccccc2)C(=O)C1=O. The van der Waals surface area contributed by atoms with Crippen LogP contribution in [-0.2, 0) is 19.1 Å². The molecule has 1 aromatic rings. The van der Waals surface area contributed by atoms with Crippen LogP contribution in [0.3, 0.4) is 0 Å². The number of carbonyl (C=O) groups excluding carboxylic acids is 3. The van der Waals surface area contributed by atoms with E-state index in [4.69, 9.17) is 4.74 Å². The van der Waals surface area contributed by atoms with Gasteiger partial charge in [0, 0.05) is 12.2 Å². The molecule has 1 unspecified atom stereocenters. The van der Waals surface area contributed by atoms with Crippen LogP contribution in [0.2, 0.25) is 0 Å². The quantitative estimate of drug-likeness (QED) is 0.465. The highest BCUT2D eigenvalue weighted by Gasteiger charge is 2.40. The third-order valence-corrected chi connectivity index (χ3v) is 3.05. The highest BCUT2D eigenvalue weighted by Crippen LogP contribution is 2.22. The van der Waals surface area contributed by atoms with E-state index in [-0.39, 0.29) is 6.61 Å². The van der Waals surface area contributed by atoms with Crippen LogP contribution in [0, 0.1) is 5.92 Å². The summed E-state index contributed by atoms with van der Waals surface area (Å²) in [6.07, 6.45) is 0.304. The van der Waals surface area contributed by atoms with Crippen LogP contribution in [-0.4, -0.2) is 30.8 Å². The molecule has 1 atom stereocenters. The number of rotatable bonds is 3. The summed E-state index contributed by atoms with van der Waals surface area (Å²) in [5.74, 6) is -2.88. The molecule has 0 N–H and O–H groups in total. The number of Topliss-reactive ketones (excluding diaryl/α,β-unsaturated/α-hetero) is 1. The smallest absolute Gasteiger partial charge is 0.317 e. The molecule has 0 radical (unpaired) electrons. The maximum Gasteiger partial charge on any atom is 0.317 e. The second-order valence-electron chi connectivity index (χ2n) is 4.25. The van der Waals surface area contributed by atoms with Crippen molar-refractivity contribution in [2.45, 2.75) is 13.3 Å². The molecular weight excluding hydrogens is 246 g/mol. The predicted molar refractivity (Wildman–Crippen MR) is 68.5 cm³/mol. The van der Waals surface area contributed by atoms with Crippen LogP contribution in [0.4, 0.5) is 5.69 Å². The van der Waals surface area contributed by atoms with E-state index in [9.17, 15) is 14.4 Å². The Morgan fingerprint density at radius 2 is 2.00 bits per heavy atom. The van der Waals surface area contributed by atoms with Gasteiger partial charge in [0.05, 0.1) is 6.61 Å². The van der Waals surface area contributed by atoms with E-state index >= 15 is 0 Å². The molecule has 1 saturated heterocycles. The fraction of sp³-hybridized carbons (Fsp3) is 0.357. The Balaban J connectivity index is 2.14. The lowest BCUT2D eigenvalue weighted by Gasteiger charge is -2.29. The first-order chi connectivity index (χ1) is 9.15. The molecule has 100 valence electrons. The fourth-order valence-corrected chi connectivity index (χ4v) is 2.09. The number of hydrogen-bond donors (Lipinski definition) is 0. The van der Waals surface area contributed by atoms with Gasteiger partial charge in [0.15, 0.2) is 0 Å². The van der Waals surface area contributed by atoms with Crippen LogP contribution in [0.25, 0.3) is 0 Å². The molecular formula is C14H15NO4. The summed E-state index contributed by atoms with van der Waals surface area (Å²) in [5.41, 5.74) is 0.670. The number of benzene rings is 1. The number of ketones is 1. The normalized spacial score (nSPS) is 19.4. The lowest BCUT2D eigenvalue weighted by atomic mass is 9.94. The van der Waals surface area contributed by atoms with Gasteiger partial charge in [-0.2, -0.15) is 0 Å². The van der Waals surface area contributed by atoms with Crippen LogP contribution >= 0.6 is 0 Å². The van der Waals surface area contributed by atoms with Crippen LogP contribution in [0.15, 0.2) is 30.3 Å². The second-order valence-corrected chi connectivity index (χ2v) is 4.25. The molecule has 5 nitrogen and oxygen atoms in total. The van der Waals surface area contributed by atoms with Crippen molar-refractivity contribution < 1.29 is 19.1 Å². The first kappa shape index (κ1) is 13.3. The topological polar surface area (TPSA) is 63.7 Å². The van der Waals surface area contributed by atoms with Gasteiger partial charge in [-0.3, -0.25) is 14.4 Å². The zero-order valence-corrected chi connectivity index (χ0v) is 10.7. The highest BCUT2D eigenvalue weighted by atomic mass is 16.5. The summed E-state index contributed by atoms with van der Waals surface area (Å²) < 4.78 is 4.81. The van der Waals surface area contributed by atoms with Gasteiger partial charge < -0.3 is 9.64 Å². The van der Waals surface area contributed by atoms with E-state index in [1.54, 1.807) is 31.2 Å². The van der Waals surface area contributed by atoms with Gasteiger partial charge in [0.1, 0.15) is 5.92 Å². The third kappa shape index (κ3) is 2.65. The number of ether oxygens (including phenoxy) is 1. The Hall–Kier alpha value is -2.17. The third-order valence-electron chi connectivity index (χ3n) is 3.05. The summed E-state index contributed by atoms with van der Waals surface area (Å²) in [6, 6.07) is 8.95. The summed E-state index contributed by atoms with van der Waals surface area (Å²) >= 11 is 0. The van der Waals surface area contributed by atoms with Crippen molar-refractivity contribution in [1.29, 1.82) is 0 Å². The molecule has 1 heterocycles. The van der Waals surface area contributed by atoms with Gasteiger partial charge in [0.2, 0.25) is 5.78 Å². The number of piperidine rings is 1. The van der Waals surface area contributed by atoms with Crippen molar-refractivity contribution in [2.24, 2.45) is 5.92 Å². The van der Waals surface area contributed by atoms with Gasteiger partial charge in [-0.05, 0) is 25.5 Å². The molecule has 1 aromatic carbocycles. The summed E-state index contributed by atoms with van der Waals surface area (Å²) in [6.45, 7) is 2.22. The van der Waals surface area contributed by atoms with Gasteiger partial charge >= 0.3 is 5.97 Å². The standard InChI is InChI=1S/C14H15NO4/c1-2-19-14(18)11-8-9-15(13(17)12(11)16)10-6-4-3-5-7-10/h3-7,11H,2,8-9H2,1H3. The molecule has 0 bridgehead atoms. The van der Waals surface area contributed by atoms with E-state index in [1.807, 2.05) is 6.07 Å². The minimum Gasteiger partial charge on any atom is -0.465 e. The minimum absolute atomic E-state index is 0.208. The van der Waals surface area contributed by atoms with E-state index in [0.717, 1.165) is 0 Å². The molecule has 2 rings (SSSR count). The van der Waals surface area contributed by atoms with Crippen molar-refractivity contribution in [3.63, 3.8) is 0 Å². The monoisotopic (exact) mass is 261 g/mol. The number of para-hydroxylation sites is 1. The average Bonchev–Trinajstić information content (AvgIpc) is 2.43. The number of nitrogens with zero attached hydrogens (tertiary/aromatic N) is 1. The van der Waals surface area contributed by atoms with E-state index in [0.29, 0.717) is 18.7 Å². The van der Waals surface area contributed by atoms with Gasteiger partial charge in [-0.1, -0.05) is 18.2 Å². The summed E-state index contributed by atoms with van der Waals surface area (Å²) in [7, 11) is 0. The number of hydrogen-bond acceptors (Lipinski definition) is 4. The fourth-order valence-electron chi connectivity index (χ4n) is 2.09. The maximum atomic E-state index is 12.0. The van der Waals surface area contributed by atoms with Crippen LogP contribution < -0.4 is 4.90 Å². The number of amides is 1. The van der Waals surface area contributed by atoms with Crippen molar-refractivity contribution in [2.75, 3.05) is 18.1 Å². The van der Waals surface area contributed by atoms with E-state index < -0.39 is 23.6 Å². The van der Waals surface area contributed by atoms with Gasteiger partial charge in [-0.25, -0.2) is 0 Å². The van der Waals surface area contributed by atoms with Crippen molar-refractivity contribution >= 4 is 23.3 Å². The Morgan fingerprint density at radius 3 is 2.63 bits per heavy atom. The molecule has 1 amide bonds. The lowest BCUT2D eigenvalue weighted by molar-refractivity contribution is -0.155. The summed E-state index contributed by atoms with van der Waals surface area (Å²) in [4.78, 5) is 36.9. The number of esters is 1. The Labute approximate surface area is 111 Å². The first-order valence-electron chi connectivity index (χ1n) is 6.22. The Kier molecular flexibility index (Phi) is 3.94. The van der Waals surface area contributed by atoms with Crippen molar-refractivity contribution in [1.82, 2.24) is 0 Å². The Morgan fingerprint density at radius 1 is 1.32 bits per heavy atom. The zero-order chi connectivity index (χ0) is 13.8. The van der Waals surface area contributed by atoms with E-state index in [1.165, 1.54) is 4.90 Å². The molecule has 1 fully saturated rings. The molecule has 1 aliphatic heterocycles. The van der Waals surface area contributed by atoms with Crippen LogP contribution in [0.5, 0.6) is 0 Å². The predicted octanol–water partition coefficient (Wildman–Crippen LogP) is 1.17. The second kappa shape index (κ2) is 5.65. The molecule has 19 heavy (non-hydrogen) atoms. The molecule has 0 spiro atoms.